The van der Waals surface area contributed by atoms with Crippen molar-refractivity contribution in [1.82, 2.24) is 5.32 Å². The van der Waals surface area contributed by atoms with Crippen LogP contribution in [0, 0.1) is 13.8 Å². The highest BCUT2D eigenvalue weighted by Crippen LogP contribution is 2.36. The van der Waals surface area contributed by atoms with Gasteiger partial charge in [-0.3, -0.25) is 0 Å². The van der Waals surface area contributed by atoms with Crippen molar-refractivity contribution in [2.24, 2.45) is 0 Å². The summed E-state index contributed by atoms with van der Waals surface area (Å²) in [5.74, 6) is 1.66. The molecule has 1 heterocycles. The standard InChI is InChI=1S/C18H21NO3/c1-11-4-6-14-15(10-22-18(14)12(11)2)19-9-13-5-7-17(21-3)16(20)8-13/h4-8,15,19-20H,9-10H2,1-3H3/t15-/m0/s1. The van der Waals surface area contributed by atoms with Crippen molar-refractivity contribution in [2.75, 3.05) is 13.7 Å². The van der Waals surface area contributed by atoms with E-state index < -0.39 is 0 Å². The highest BCUT2D eigenvalue weighted by Gasteiger charge is 2.25. The Morgan fingerprint density at radius 1 is 1.27 bits per heavy atom. The van der Waals surface area contributed by atoms with Crippen LogP contribution in [0.1, 0.15) is 28.3 Å². The maximum atomic E-state index is 9.83. The minimum Gasteiger partial charge on any atom is -0.504 e. The summed E-state index contributed by atoms with van der Waals surface area (Å²) in [7, 11) is 1.55. The molecule has 116 valence electrons. The van der Waals surface area contributed by atoms with Gasteiger partial charge in [-0.25, -0.2) is 0 Å². The fourth-order valence-corrected chi connectivity index (χ4v) is 2.79. The first kappa shape index (κ1) is 14.7. The number of hydrogen-bond acceptors (Lipinski definition) is 4. The Labute approximate surface area is 130 Å². The predicted octanol–water partition coefficient (Wildman–Crippen LogP) is 3.24. The molecule has 0 saturated heterocycles. The van der Waals surface area contributed by atoms with Crippen LogP contribution in [-0.2, 0) is 6.54 Å². The van der Waals surface area contributed by atoms with E-state index in [1.807, 2.05) is 6.07 Å². The number of ether oxygens (including phenoxy) is 2. The molecular formula is C18H21NO3. The SMILES string of the molecule is COc1ccc(CN[C@H]2COc3c2ccc(C)c3C)cc1O. The lowest BCUT2D eigenvalue weighted by Gasteiger charge is -2.13. The van der Waals surface area contributed by atoms with E-state index >= 15 is 0 Å². The second kappa shape index (κ2) is 5.89. The van der Waals surface area contributed by atoms with Crippen LogP contribution in [0.15, 0.2) is 30.3 Å². The number of hydrogen-bond donors (Lipinski definition) is 2. The lowest BCUT2D eigenvalue weighted by atomic mass is 10.0. The molecule has 2 aromatic carbocycles. The molecule has 0 aliphatic carbocycles. The fraction of sp³-hybridized carbons (Fsp3) is 0.333. The zero-order valence-corrected chi connectivity index (χ0v) is 13.1. The minimum absolute atomic E-state index is 0.163. The number of nitrogens with one attached hydrogen (secondary N) is 1. The van der Waals surface area contributed by atoms with Gasteiger partial charge in [0, 0.05) is 12.1 Å². The Balaban J connectivity index is 1.72. The molecule has 0 unspecified atom stereocenters. The summed E-state index contributed by atoms with van der Waals surface area (Å²) in [4.78, 5) is 0. The van der Waals surface area contributed by atoms with E-state index in [1.165, 1.54) is 16.7 Å². The second-order valence-corrected chi connectivity index (χ2v) is 5.68. The summed E-state index contributed by atoms with van der Waals surface area (Å²) in [5.41, 5.74) is 4.68. The van der Waals surface area contributed by atoms with Gasteiger partial charge in [0.1, 0.15) is 12.4 Å². The first-order chi connectivity index (χ1) is 10.6. The van der Waals surface area contributed by atoms with Crippen LogP contribution in [0.2, 0.25) is 0 Å². The van der Waals surface area contributed by atoms with Gasteiger partial charge in [-0.15, -0.1) is 0 Å². The zero-order valence-electron chi connectivity index (χ0n) is 13.1. The number of methoxy groups -OCH3 is 1. The molecule has 1 aliphatic rings. The van der Waals surface area contributed by atoms with Crippen molar-refractivity contribution in [3.8, 4) is 17.2 Å². The van der Waals surface area contributed by atoms with Crippen LogP contribution in [-0.4, -0.2) is 18.8 Å². The first-order valence-electron chi connectivity index (χ1n) is 7.42. The van der Waals surface area contributed by atoms with Crippen LogP contribution in [0.5, 0.6) is 17.2 Å². The maximum absolute atomic E-state index is 9.83. The Bertz CT molecular complexity index is 697. The lowest BCUT2D eigenvalue weighted by molar-refractivity contribution is 0.309. The largest absolute Gasteiger partial charge is 0.504 e. The Hall–Kier alpha value is -2.20. The Kier molecular flexibility index (Phi) is 3.94. The quantitative estimate of drug-likeness (QED) is 0.910. The number of phenols is 1. The minimum atomic E-state index is 0.163. The molecule has 0 amide bonds. The van der Waals surface area contributed by atoms with E-state index in [9.17, 15) is 5.11 Å². The Morgan fingerprint density at radius 2 is 2.09 bits per heavy atom. The highest BCUT2D eigenvalue weighted by molar-refractivity contribution is 5.49. The lowest BCUT2D eigenvalue weighted by Crippen LogP contribution is -2.21. The number of benzene rings is 2. The van der Waals surface area contributed by atoms with E-state index in [2.05, 4.69) is 31.3 Å². The third-order valence-corrected chi connectivity index (χ3v) is 4.27. The molecular weight excluding hydrogens is 278 g/mol. The number of aromatic hydroxyl groups is 1. The molecule has 0 spiro atoms. The number of aryl methyl sites for hydroxylation is 1. The summed E-state index contributed by atoms with van der Waals surface area (Å²) in [6.45, 7) is 5.50. The topological polar surface area (TPSA) is 50.7 Å². The third kappa shape index (κ3) is 2.62. The average molecular weight is 299 g/mol. The summed E-state index contributed by atoms with van der Waals surface area (Å²) in [6, 6.07) is 9.90. The Morgan fingerprint density at radius 3 is 2.82 bits per heavy atom. The monoisotopic (exact) mass is 299 g/mol. The predicted molar refractivity (Wildman–Crippen MR) is 85.7 cm³/mol. The molecule has 1 atom stereocenters. The molecule has 0 fully saturated rings. The van der Waals surface area contributed by atoms with Crippen molar-refractivity contribution in [2.45, 2.75) is 26.4 Å². The maximum Gasteiger partial charge on any atom is 0.160 e. The molecule has 22 heavy (non-hydrogen) atoms. The number of rotatable bonds is 4. The number of fused-ring (bicyclic) bond motifs is 1. The highest BCUT2D eigenvalue weighted by atomic mass is 16.5. The van der Waals surface area contributed by atoms with Crippen LogP contribution >= 0.6 is 0 Å². The number of phenolic OH excluding ortho intramolecular Hbond substituents is 1. The first-order valence-corrected chi connectivity index (χ1v) is 7.42. The molecule has 0 radical (unpaired) electrons. The van der Waals surface area contributed by atoms with E-state index in [-0.39, 0.29) is 11.8 Å². The van der Waals surface area contributed by atoms with Crippen molar-refractivity contribution in [3.05, 3.63) is 52.6 Å². The van der Waals surface area contributed by atoms with Gasteiger partial charge in [0.25, 0.3) is 0 Å². The average Bonchev–Trinajstić information content (AvgIpc) is 2.93. The molecule has 4 nitrogen and oxygen atoms in total. The summed E-state index contributed by atoms with van der Waals surface area (Å²) in [5, 5.41) is 13.3. The van der Waals surface area contributed by atoms with Gasteiger partial charge in [0.05, 0.1) is 13.2 Å². The molecule has 0 bridgehead atoms. The molecule has 0 saturated carbocycles. The van der Waals surface area contributed by atoms with Gasteiger partial charge < -0.3 is 19.9 Å². The zero-order chi connectivity index (χ0) is 15.7. The van der Waals surface area contributed by atoms with Crippen molar-refractivity contribution in [3.63, 3.8) is 0 Å². The van der Waals surface area contributed by atoms with Gasteiger partial charge in [0.2, 0.25) is 0 Å². The van der Waals surface area contributed by atoms with Crippen molar-refractivity contribution in [1.29, 1.82) is 0 Å². The van der Waals surface area contributed by atoms with E-state index in [0.717, 1.165) is 11.3 Å². The summed E-state index contributed by atoms with van der Waals surface area (Å²) in [6.07, 6.45) is 0. The molecule has 2 aromatic rings. The van der Waals surface area contributed by atoms with Crippen molar-refractivity contribution >= 4 is 0 Å². The molecule has 3 rings (SSSR count). The fourth-order valence-electron chi connectivity index (χ4n) is 2.79. The van der Waals surface area contributed by atoms with Crippen molar-refractivity contribution < 1.29 is 14.6 Å². The third-order valence-electron chi connectivity index (χ3n) is 4.27. The summed E-state index contributed by atoms with van der Waals surface area (Å²) >= 11 is 0. The van der Waals surface area contributed by atoms with Gasteiger partial charge in [-0.05, 0) is 42.7 Å². The van der Waals surface area contributed by atoms with E-state index in [4.69, 9.17) is 9.47 Å². The molecule has 4 heteroatoms. The van der Waals surface area contributed by atoms with Gasteiger partial charge in [-0.1, -0.05) is 18.2 Å². The molecule has 2 N–H and O–H groups in total. The van der Waals surface area contributed by atoms with Gasteiger partial charge in [-0.2, -0.15) is 0 Å². The van der Waals surface area contributed by atoms with E-state index in [0.29, 0.717) is 18.9 Å². The van der Waals surface area contributed by atoms with Crippen LogP contribution < -0.4 is 14.8 Å². The second-order valence-electron chi connectivity index (χ2n) is 5.68. The smallest absolute Gasteiger partial charge is 0.160 e. The summed E-state index contributed by atoms with van der Waals surface area (Å²) < 4.78 is 10.9. The molecule has 0 aromatic heterocycles. The van der Waals surface area contributed by atoms with Crippen LogP contribution in [0.25, 0.3) is 0 Å². The van der Waals surface area contributed by atoms with Gasteiger partial charge >= 0.3 is 0 Å². The molecule has 1 aliphatic heterocycles. The van der Waals surface area contributed by atoms with Crippen LogP contribution in [0.4, 0.5) is 0 Å². The van der Waals surface area contributed by atoms with Crippen LogP contribution in [0.3, 0.4) is 0 Å². The van der Waals surface area contributed by atoms with Gasteiger partial charge in [0.15, 0.2) is 11.5 Å². The van der Waals surface area contributed by atoms with E-state index in [1.54, 1.807) is 19.2 Å². The normalized spacial score (nSPS) is 16.2.